The molecule has 0 bridgehead atoms. The Balaban J connectivity index is 3.20. The third kappa shape index (κ3) is 11.1. The number of hydrogen-bond acceptors (Lipinski definition) is 2. The third-order valence-electron chi connectivity index (χ3n) is 2.21. The number of rotatable bonds is 9. The van der Waals surface area contributed by atoms with Crippen LogP contribution >= 0.6 is 0 Å². The second-order valence-corrected chi connectivity index (χ2v) is 3.66. The van der Waals surface area contributed by atoms with Gasteiger partial charge in [-0.25, -0.2) is 0 Å². The molecule has 2 nitrogen and oxygen atoms in total. The van der Waals surface area contributed by atoms with E-state index in [-0.39, 0.29) is 5.97 Å². The van der Waals surface area contributed by atoms with Crippen molar-refractivity contribution in [3.8, 4) is 0 Å². The molecule has 0 aliphatic carbocycles. The van der Waals surface area contributed by atoms with E-state index in [4.69, 9.17) is 4.74 Å². The van der Waals surface area contributed by atoms with E-state index in [0.717, 1.165) is 12.8 Å². The summed E-state index contributed by atoms with van der Waals surface area (Å²) in [5, 5.41) is 0. The minimum atomic E-state index is -0.0897. The molecule has 0 aliphatic heterocycles. The molecule has 0 aromatic heterocycles. The molecular formula is C13H24O2. The molecule has 0 heterocycles. The van der Waals surface area contributed by atoms with Crippen molar-refractivity contribution < 1.29 is 9.53 Å². The summed E-state index contributed by atoms with van der Waals surface area (Å²) in [5.74, 6) is -0.0897. The van der Waals surface area contributed by atoms with Gasteiger partial charge in [0.25, 0.3) is 0 Å². The molecule has 0 amide bonds. The van der Waals surface area contributed by atoms with Gasteiger partial charge < -0.3 is 4.74 Å². The Morgan fingerprint density at radius 1 is 1.07 bits per heavy atom. The lowest BCUT2D eigenvalue weighted by atomic mass is 10.1. The Bertz CT molecular complexity index is 173. The molecule has 15 heavy (non-hydrogen) atoms. The standard InChI is InChI=1S/C13H24O2/c1-3-5-6-7-8-9-10-11-12-13(14)15-4-2/h9-10H,3-8,11-12H2,1-2H3/b10-9-. The largest absolute Gasteiger partial charge is 0.466 e. The number of unbranched alkanes of at least 4 members (excludes halogenated alkanes) is 4. The van der Waals surface area contributed by atoms with Crippen LogP contribution in [-0.4, -0.2) is 12.6 Å². The molecule has 2 heteroatoms. The molecule has 0 saturated carbocycles. The Labute approximate surface area is 93.7 Å². The summed E-state index contributed by atoms with van der Waals surface area (Å²) in [6.07, 6.45) is 11.9. The number of carbonyl (C=O) groups excluding carboxylic acids is 1. The van der Waals surface area contributed by atoms with E-state index in [1.807, 2.05) is 6.92 Å². The molecule has 0 fully saturated rings. The zero-order valence-corrected chi connectivity index (χ0v) is 10.1. The number of allylic oxidation sites excluding steroid dienone is 2. The van der Waals surface area contributed by atoms with Crippen LogP contribution in [0.3, 0.4) is 0 Å². The van der Waals surface area contributed by atoms with Crippen molar-refractivity contribution in [3.63, 3.8) is 0 Å². The molecule has 0 aromatic rings. The molecule has 0 spiro atoms. The first kappa shape index (κ1) is 14.2. The van der Waals surface area contributed by atoms with Crippen LogP contribution in [0.4, 0.5) is 0 Å². The predicted molar refractivity (Wildman–Crippen MR) is 63.8 cm³/mol. The van der Waals surface area contributed by atoms with Crippen LogP contribution in [0, 0.1) is 0 Å². The molecule has 0 aliphatic rings. The van der Waals surface area contributed by atoms with E-state index in [1.54, 1.807) is 0 Å². The minimum absolute atomic E-state index is 0.0897. The number of esters is 1. The molecular weight excluding hydrogens is 188 g/mol. The highest BCUT2D eigenvalue weighted by atomic mass is 16.5. The maximum atomic E-state index is 11.0. The summed E-state index contributed by atoms with van der Waals surface area (Å²) in [6.45, 7) is 4.54. The van der Waals surface area contributed by atoms with Gasteiger partial charge in [-0.1, -0.05) is 38.3 Å². The van der Waals surface area contributed by atoms with Crippen molar-refractivity contribution >= 4 is 5.97 Å². The minimum Gasteiger partial charge on any atom is -0.466 e. The summed E-state index contributed by atoms with van der Waals surface area (Å²) in [7, 11) is 0. The van der Waals surface area contributed by atoms with Gasteiger partial charge in [-0.05, 0) is 26.2 Å². The van der Waals surface area contributed by atoms with Gasteiger partial charge in [0.1, 0.15) is 0 Å². The fourth-order valence-corrected chi connectivity index (χ4v) is 1.36. The van der Waals surface area contributed by atoms with Gasteiger partial charge in [-0.2, -0.15) is 0 Å². The fourth-order valence-electron chi connectivity index (χ4n) is 1.36. The predicted octanol–water partition coefficient (Wildman–Crippen LogP) is 3.86. The maximum absolute atomic E-state index is 11.0. The first-order valence-corrected chi connectivity index (χ1v) is 6.11. The highest BCUT2D eigenvalue weighted by molar-refractivity contribution is 5.69. The summed E-state index contributed by atoms with van der Waals surface area (Å²) >= 11 is 0. The highest BCUT2D eigenvalue weighted by Gasteiger charge is 1.97. The summed E-state index contributed by atoms with van der Waals surface area (Å²) in [6, 6.07) is 0. The van der Waals surface area contributed by atoms with Gasteiger partial charge in [-0.15, -0.1) is 0 Å². The summed E-state index contributed by atoms with van der Waals surface area (Å²) in [4.78, 5) is 11.0. The molecule has 0 atom stereocenters. The van der Waals surface area contributed by atoms with E-state index < -0.39 is 0 Å². The fraction of sp³-hybridized carbons (Fsp3) is 0.769. The van der Waals surface area contributed by atoms with Crippen molar-refractivity contribution in [2.45, 2.75) is 58.8 Å². The van der Waals surface area contributed by atoms with Gasteiger partial charge in [0.2, 0.25) is 0 Å². The average molecular weight is 212 g/mol. The SMILES string of the molecule is CCCCCC/C=C\CCC(=O)OCC. The topological polar surface area (TPSA) is 26.3 Å². The molecule has 0 radical (unpaired) electrons. The molecule has 88 valence electrons. The summed E-state index contributed by atoms with van der Waals surface area (Å²) in [5.41, 5.74) is 0. The van der Waals surface area contributed by atoms with Crippen LogP contribution in [0.2, 0.25) is 0 Å². The van der Waals surface area contributed by atoms with Crippen molar-refractivity contribution in [1.82, 2.24) is 0 Å². The van der Waals surface area contributed by atoms with Gasteiger partial charge in [0.05, 0.1) is 6.61 Å². The lowest BCUT2D eigenvalue weighted by Gasteiger charge is -1.98. The van der Waals surface area contributed by atoms with Gasteiger partial charge >= 0.3 is 5.97 Å². The van der Waals surface area contributed by atoms with E-state index in [1.165, 1.54) is 25.7 Å². The van der Waals surface area contributed by atoms with Crippen LogP contribution in [0.5, 0.6) is 0 Å². The highest BCUT2D eigenvalue weighted by Crippen LogP contribution is 2.03. The molecule has 0 N–H and O–H groups in total. The second-order valence-electron chi connectivity index (χ2n) is 3.66. The zero-order chi connectivity index (χ0) is 11.4. The van der Waals surface area contributed by atoms with Crippen LogP contribution in [0.25, 0.3) is 0 Å². The van der Waals surface area contributed by atoms with Crippen molar-refractivity contribution in [1.29, 1.82) is 0 Å². The lowest BCUT2D eigenvalue weighted by molar-refractivity contribution is -0.142. The molecule has 0 unspecified atom stereocenters. The normalized spacial score (nSPS) is 10.8. The van der Waals surface area contributed by atoms with Gasteiger partial charge in [0, 0.05) is 6.42 Å². The Morgan fingerprint density at radius 3 is 2.47 bits per heavy atom. The number of ether oxygens (including phenoxy) is 1. The molecule has 0 rings (SSSR count). The van der Waals surface area contributed by atoms with Crippen molar-refractivity contribution in [2.24, 2.45) is 0 Å². The van der Waals surface area contributed by atoms with Gasteiger partial charge in [0.15, 0.2) is 0 Å². The summed E-state index contributed by atoms with van der Waals surface area (Å²) < 4.78 is 4.83. The Kier molecular flexibility index (Phi) is 10.7. The third-order valence-corrected chi connectivity index (χ3v) is 2.21. The zero-order valence-electron chi connectivity index (χ0n) is 10.1. The monoisotopic (exact) mass is 212 g/mol. The quantitative estimate of drug-likeness (QED) is 0.329. The Morgan fingerprint density at radius 2 is 1.80 bits per heavy atom. The van der Waals surface area contributed by atoms with Gasteiger partial charge in [-0.3, -0.25) is 4.79 Å². The maximum Gasteiger partial charge on any atom is 0.306 e. The van der Waals surface area contributed by atoms with E-state index >= 15 is 0 Å². The van der Waals surface area contributed by atoms with E-state index in [9.17, 15) is 4.79 Å². The Hall–Kier alpha value is -0.790. The second kappa shape index (κ2) is 11.3. The lowest BCUT2D eigenvalue weighted by Crippen LogP contribution is -2.02. The first-order valence-electron chi connectivity index (χ1n) is 6.11. The van der Waals surface area contributed by atoms with E-state index in [0.29, 0.717) is 13.0 Å². The van der Waals surface area contributed by atoms with Crippen LogP contribution in [0.15, 0.2) is 12.2 Å². The van der Waals surface area contributed by atoms with Crippen LogP contribution in [0.1, 0.15) is 58.8 Å². The van der Waals surface area contributed by atoms with Crippen LogP contribution < -0.4 is 0 Å². The first-order chi connectivity index (χ1) is 7.31. The number of carbonyl (C=O) groups is 1. The molecule has 0 aromatic carbocycles. The number of hydrogen-bond donors (Lipinski definition) is 0. The van der Waals surface area contributed by atoms with Crippen molar-refractivity contribution in [3.05, 3.63) is 12.2 Å². The smallest absolute Gasteiger partial charge is 0.306 e. The van der Waals surface area contributed by atoms with Crippen molar-refractivity contribution in [2.75, 3.05) is 6.61 Å². The average Bonchev–Trinajstić information content (AvgIpc) is 2.22. The molecule has 0 saturated heterocycles. The van der Waals surface area contributed by atoms with Crippen LogP contribution in [-0.2, 0) is 9.53 Å². The van der Waals surface area contributed by atoms with E-state index in [2.05, 4.69) is 19.1 Å².